The van der Waals surface area contributed by atoms with Crippen molar-refractivity contribution in [1.82, 2.24) is 4.57 Å². The van der Waals surface area contributed by atoms with E-state index in [0.717, 1.165) is 15.8 Å². The Morgan fingerprint density at radius 3 is 2.44 bits per heavy atom. The summed E-state index contributed by atoms with van der Waals surface area (Å²) in [6, 6.07) is 12.3. The third kappa shape index (κ3) is 3.99. The number of ether oxygens (including phenoxy) is 2. The number of nitrogens with zero attached hydrogens (tertiary/aromatic N) is 2. The summed E-state index contributed by atoms with van der Waals surface area (Å²) in [5.41, 5.74) is 2.99. The predicted octanol–water partition coefficient (Wildman–Crippen LogP) is 3.19. The molecule has 0 N–H and O–H groups in total. The molecule has 3 rings (SSSR count). The number of aryl methyl sites for hydroxylation is 1. The van der Waals surface area contributed by atoms with Gasteiger partial charge >= 0.3 is 5.97 Å². The molecule has 0 fully saturated rings. The second kappa shape index (κ2) is 8.28. The quantitative estimate of drug-likeness (QED) is 0.634. The van der Waals surface area contributed by atoms with E-state index < -0.39 is 5.97 Å². The molecule has 7 heteroatoms. The summed E-state index contributed by atoms with van der Waals surface area (Å²) < 4.78 is 13.0. The Labute approximate surface area is 160 Å². The van der Waals surface area contributed by atoms with Crippen molar-refractivity contribution in [3.05, 3.63) is 64.0 Å². The summed E-state index contributed by atoms with van der Waals surface area (Å²) in [5.74, 6) is -0.801. The molecule has 0 spiro atoms. The monoisotopic (exact) mass is 384 g/mol. The number of hydrogen-bond acceptors (Lipinski definition) is 5. The average Bonchev–Trinajstić information content (AvgIpc) is 3.04. The Kier molecular flexibility index (Phi) is 5.83. The normalized spacial score (nSPS) is 11.7. The smallest absolute Gasteiger partial charge is 0.337 e. The van der Waals surface area contributed by atoms with Gasteiger partial charge in [0.15, 0.2) is 4.80 Å². The first-order chi connectivity index (χ1) is 13.0. The fourth-order valence-electron chi connectivity index (χ4n) is 2.80. The first kappa shape index (κ1) is 19.0. The van der Waals surface area contributed by atoms with Crippen molar-refractivity contribution in [2.24, 2.45) is 4.99 Å². The maximum Gasteiger partial charge on any atom is 0.337 e. The molecule has 0 aliphatic rings. The standard InChI is InChI=1S/C20H20N2O4S/c1-13-5-4-6-16-17(13)22(11-12-25-2)20(27-16)21-18(23)14-7-9-15(10-8-14)19(24)26-3/h4-10H,11-12H2,1-3H3. The molecule has 1 aromatic heterocycles. The number of amides is 1. The van der Waals surface area contributed by atoms with Crippen molar-refractivity contribution in [2.75, 3.05) is 20.8 Å². The Balaban J connectivity index is 2.03. The average molecular weight is 384 g/mol. The lowest BCUT2D eigenvalue weighted by Gasteiger charge is -2.06. The molecule has 6 nitrogen and oxygen atoms in total. The minimum atomic E-state index is -0.441. The lowest BCUT2D eigenvalue weighted by Crippen LogP contribution is -2.19. The van der Waals surface area contributed by atoms with Gasteiger partial charge in [-0.3, -0.25) is 4.79 Å². The second-order valence-electron chi connectivity index (χ2n) is 5.94. The van der Waals surface area contributed by atoms with Gasteiger partial charge in [0.05, 0.1) is 29.5 Å². The molecule has 0 atom stereocenters. The van der Waals surface area contributed by atoms with E-state index in [9.17, 15) is 9.59 Å². The van der Waals surface area contributed by atoms with Crippen LogP contribution in [0, 0.1) is 6.92 Å². The number of fused-ring (bicyclic) bond motifs is 1. The van der Waals surface area contributed by atoms with Crippen LogP contribution in [0.3, 0.4) is 0 Å². The number of methoxy groups -OCH3 is 2. The van der Waals surface area contributed by atoms with Gasteiger partial charge in [0.25, 0.3) is 5.91 Å². The Morgan fingerprint density at radius 1 is 1.07 bits per heavy atom. The van der Waals surface area contributed by atoms with E-state index in [1.54, 1.807) is 31.4 Å². The fourth-order valence-corrected chi connectivity index (χ4v) is 3.93. The van der Waals surface area contributed by atoms with Gasteiger partial charge in [0, 0.05) is 19.2 Å². The summed E-state index contributed by atoms with van der Waals surface area (Å²) in [4.78, 5) is 29.1. The van der Waals surface area contributed by atoms with Crippen molar-refractivity contribution in [3.8, 4) is 0 Å². The van der Waals surface area contributed by atoms with Gasteiger partial charge in [0.2, 0.25) is 0 Å². The van der Waals surface area contributed by atoms with Crippen LogP contribution >= 0.6 is 11.3 Å². The Bertz CT molecular complexity index is 1050. The van der Waals surface area contributed by atoms with Gasteiger partial charge in [-0.15, -0.1) is 0 Å². The van der Waals surface area contributed by atoms with Crippen LogP contribution in [-0.2, 0) is 16.0 Å². The number of carbonyl (C=O) groups excluding carboxylic acids is 2. The molecule has 27 heavy (non-hydrogen) atoms. The number of para-hydroxylation sites is 1. The molecule has 0 aliphatic heterocycles. The zero-order valence-electron chi connectivity index (χ0n) is 15.4. The summed E-state index contributed by atoms with van der Waals surface area (Å²) >= 11 is 1.47. The molecular weight excluding hydrogens is 364 g/mol. The number of rotatable bonds is 5. The van der Waals surface area contributed by atoms with Crippen LogP contribution in [0.5, 0.6) is 0 Å². The summed E-state index contributed by atoms with van der Waals surface area (Å²) in [7, 11) is 2.96. The number of esters is 1. The van der Waals surface area contributed by atoms with Gasteiger partial charge in [-0.05, 0) is 42.8 Å². The first-order valence-corrected chi connectivity index (χ1v) is 9.22. The molecule has 0 saturated heterocycles. The van der Waals surface area contributed by atoms with E-state index in [-0.39, 0.29) is 5.91 Å². The van der Waals surface area contributed by atoms with Gasteiger partial charge in [-0.1, -0.05) is 23.5 Å². The predicted molar refractivity (Wildman–Crippen MR) is 104 cm³/mol. The largest absolute Gasteiger partial charge is 0.465 e. The summed E-state index contributed by atoms with van der Waals surface area (Å²) in [6.07, 6.45) is 0. The number of hydrogen-bond donors (Lipinski definition) is 0. The van der Waals surface area contributed by atoms with E-state index in [4.69, 9.17) is 4.74 Å². The first-order valence-electron chi connectivity index (χ1n) is 8.40. The molecule has 0 bridgehead atoms. The minimum Gasteiger partial charge on any atom is -0.465 e. The summed E-state index contributed by atoms with van der Waals surface area (Å²) in [5, 5.41) is 0. The maximum atomic E-state index is 12.6. The van der Waals surface area contributed by atoms with E-state index in [2.05, 4.69) is 9.73 Å². The third-order valence-corrected chi connectivity index (χ3v) is 5.22. The van der Waals surface area contributed by atoms with Crippen LogP contribution < -0.4 is 4.80 Å². The minimum absolute atomic E-state index is 0.359. The van der Waals surface area contributed by atoms with Crippen LogP contribution in [0.25, 0.3) is 10.2 Å². The topological polar surface area (TPSA) is 69.9 Å². The third-order valence-electron chi connectivity index (χ3n) is 4.17. The van der Waals surface area contributed by atoms with Crippen LogP contribution in [-0.4, -0.2) is 37.3 Å². The second-order valence-corrected chi connectivity index (χ2v) is 6.95. The van der Waals surface area contributed by atoms with Gasteiger partial charge in [-0.25, -0.2) is 4.79 Å². The molecule has 1 heterocycles. The van der Waals surface area contributed by atoms with Gasteiger partial charge < -0.3 is 14.0 Å². The van der Waals surface area contributed by atoms with Crippen LogP contribution in [0.15, 0.2) is 47.5 Å². The Morgan fingerprint density at radius 2 is 1.78 bits per heavy atom. The molecular formula is C20H20N2O4S. The highest BCUT2D eigenvalue weighted by Gasteiger charge is 2.12. The Hall–Kier alpha value is -2.77. The zero-order chi connectivity index (χ0) is 19.4. The van der Waals surface area contributed by atoms with Crippen molar-refractivity contribution in [1.29, 1.82) is 0 Å². The van der Waals surface area contributed by atoms with Crippen LogP contribution in [0.2, 0.25) is 0 Å². The lowest BCUT2D eigenvalue weighted by molar-refractivity contribution is 0.0600. The number of benzene rings is 2. The molecule has 140 valence electrons. The highest BCUT2D eigenvalue weighted by Crippen LogP contribution is 2.21. The van der Waals surface area contributed by atoms with Crippen molar-refractivity contribution < 1.29 is 19.1 Å². The fraction of sp³-hybridized carbons (Fsp3) is 0.250. The highest BCUT2D eigenvalue weighted by molar-refractivity contribution is 7.16. The lowest BCUT2D eigenvalue weighted by atomic mass is 10.1. The molecule has 0 saturated carbocycles. The maximum absolute atomic E-state index is 12.6. The van der Waals surface area contributed by atoms with Crippen LogP contribution in [0.4, 0.5) is 0 Å². The van der Waals surface area contributed by atoms with E-state index >= 15 is 0 Å². The number of carbonyl (C=O) groups is 2. The molecule has 0 aliphatic carbocycles. The van der Waals surface area contributed by atoms with Crippen molar-refractivity contribution in [3.63, 3.8) is 0 Å². The molecule has 2 aromatic carbocycles. The molecule has 0 radical (unpaired) electrons. The van der Waals surface area contributed by atoms with E-state index in [1.807, 2.05) is 29.7 Å². The zero-order valence-corrected chi connectivity index (χ0v) is 16.2. The van der Waals surface area contributed by atoms with Gasteiger partial charge in [-0.2, -0.15) is 4.99 Å². The van der Waals surface area contributed by atoms with E-state index in [1.165, 1.54) is 18.4 Å². The summed E-state index contributed by atoms with van der Waals surface area (Å²) in [6.45, 7) is 3.17. The molecule has 0 unspecified atom stereocenters. The van der Waals surface area contributed by atoms with Crippen molar-refractivity contribution >= 4 is 33.4 Å². The highest BCUT2D eigenvalue weighted by atomic mass is 32.1. The number of thiazole rings is 1. The van der Waals surface area contributed by atoms with E-state index in [0.29, 0.717) is 29.1 Å². The van der Waals surface area contributed by atoms with Crippen molar-refractivity contribution in [2.45, 2.75) is 13.5 Å². The van der Waals surface area contributed by atoms with Crippen LogP contribution in [0.1, 0.15) is 26.3 Å². The number of aromatic nitrogens is 1. The SMILES string of the molecule is COCCn1c(=NC(=O)c2ccc(C(=O)OC)cc2)sc2cccc(C)c21. The molecule has 1 amide bonds. The van der Waals surface area contributed by atoms with Gasteiger partial charge in [0.1, 0.15) is 0 Å². The molecule has 3 aromatic rings.